The first-order valence-electron chi connectivity index (χ1n) is 6.85. The van der Waals surface area contributed by atoms with Crippen molar-refractivity contribution in [3.8, 4) is 0 Å². The van der Waals surface area contributed by atoms with E-state index in [2.05, 4.69) is 4.98 Å². The summed E-state index contributed by atoms with van der Waals surface area (Å²) in [5.74, 6) is -1.23. The van der Waals surface area contributed by atoms with Crippen molar-refractivity contribution in [3.63, 3.8) is 0 Å². The van der Waals surface area contributed by atoms with Gasteiger partial charge >= 0.3 is 5.97 Å². The average Bonchev–Trinajstić information content (AvgIpc) is 2.83. The summed E-state index contributed by atoms with van der Waals surface area (Å²) in [6.07, 6.45) is 2.78. The third-order valence-electron chi connectivity index (χ3n) is 3.97. The second-order valence-electron chi connectivity index (χ2n) is 5.45. The molecule has 0 aliphatic heterocycles. The smallest absolute Gasteiger partial charge is 0.306 e. The van der Waals surface area contributed by atoms with Crippen molar-refractivity contribution >= 4 is 23.2 Å². The molecule has 0 bridgehead atoms. The lowest BCUT2D eigenvalue weighted by atomic mass is 9.81. The number of hydrogen-bond donors (Lipinski definition) is 1. The van der Waals surface area contributed by atoms with E-state index in [1.54, 1.807) is 28.8 Å². The molecule has 1 aromatic rings. The number of hydrogen-bond acceptors (Lipinski definition) is 4. The van der Waals surface area contributed by atoms with Crippen molar-refractivity contribution in [1.82, 2.24) is 9.88 Å². The van der Waals surface area contributed by atoms with Crippen molar-refractivity contribution in [2.24, 2.45) is 11.8 Å². The van der Waals surface area contributed by atoms with Crippen LogP contribution in [0.3, 0.4) is 0 Å². The minimum Gasteiger partial charge on any atom is -0.481 e. The van der Waals surface area contributed by atoms with E-state index in [4.69, 9.17) is 5.11 Å². The van der Waals surface area contributed by atoms with E-state index in [9.17, 15) is 9.59 Å². The molecule has 0 radical (unpaired) electrons. The van der Waals surface area contributed by atoms with Gasteiger partial charge in [0, 0.05) is 17.8 Å². The first-order chi connectivity index (χ1) is 9.49. The summed E-state index contributed by atoms with van der Waals surface area (Å²) in [5.41, 5.74) is 2.74. The van der Waals surface area contributed by atoms with Gasteiger partial charge in [0.1, 0.15) is 0 Å². The van der Waals surface area contributed by atoms with Gasteiger partial charge in [0.25, 0.3) is 0 Å². The third kappa shape index (κ3) is 3.36. The minimum absolute atomic E-state index is 0.0590. The van der Waals surface area contributed by atoms with Gasteiger partial charge in [-0.1, -0.05) is 6.42 Å². The Morgan fingerprint density at radius 3 is 2.75 bits per heavy atom. The van der Waals surface area contributed by atoms with Gasteiger partial charge in [-0.15, -0.1) is 11.3 Å². The quantitative estimate of drug-likeness (QED) is 0.925. The predicted octanol–water partition coefficient (Wildman–Crippen LogP) is 2.30. The molecule has 1 heterocycles. The van der Waals surface area contributed by atoms with Crippen LogP contribution >= 0.6 is 11.3 Å². The van der Waals surface area contributed by atoms with E-state index in [0.29, 0.717) is 19.4 Å². The van der Waals surface area contributed by atoms with E-state index in [1.807, 2.05) is 6.92 Å². The maximum absolute atomic E-state index is 12.4. The van der Waals surface area contributed by atoms with Crippen LogP contribution in [0, 0.1) is 18.8 Å². The fourth-order valence-electron chi connectivity index (χ4n) is 2.72. The lowest BCUT2D eigenvalue weighted by molar-refractivity contribution is -0.145. The number of rotatable bonds is 4. The molecule has 2 atom stereocenters. The van der Waals surface area contributed by atoms with E-state index >= 15 is 0 Å². The number of thiazole rings is 1. The second kappa shape index (κ2) is 6.35. The summed E-state index contributed by atoms with van der Waals surface area (Å²) in [5, 5.41) is 9.09. The zero-order chi connectivity index (χ0) is 14.7. The number of aromatic nitrogens is 1. The SMILES string of the molecule is Cc1ncsc1CN(C)C(=O)[C@@H]1CCC[C@H](C(=O)O)C1. The van der Waals surface area contributed by atoms with E-state index in [0.717, 1.165) is 23.4 Å². The van der Waals surface area contributed by atoms with E-state index in [1.165, 1.54) is 0 Å². The first kappa shape index (κ1) is 15.0. The van der Waals surface area contributed by atoms with Crippen LogP contribution in [0.15, 0.2) is 5.51 Å². The number of amides is 1. The van der Waals surface area contributed by atoms with Crippen molar-refractivity contribution in [2.75, 3.05) is 7.05 Å². The molecular weight excluding hydrogens is 276 g/mol. The van der Waals surface area contributed by atoms with Crippen LogP contribution in [0.4, 0.5) is 0 Å². The number of nitrogens with zero attached hydrogens (tertiary/aromatic N) is 2. The monoisotopic (exact) mass is 296 g/mol. The first-order valence-corrected chi connectivity index (χ1v) is 7.73. The number of carboxylic acid groups (broad SMARTS) is 1. The molecule has 0 spiro atoms. The molecule has 0 unspecified atom stereocenters. The summed E-state index contributed by atoms with van der Waals surface area (Å²) in [4.78, 5) is 30.5. The highest BCUT2D eigenvalue weighted by atomic mass is 32.1. The van der Waals surface area contributed by atoms with Gasteiger partial charge in [-0.2, -0.15) is 0 Å². The lowest BCUT2D eigenvalue weighted by Gasteiger charge is -2.29. The Bertz CT molecular complexity index is 500. The van der Waals surface area contributed by atoms with Crippen LogP contribution in [-0.4, -0.2) is 33.9 Å². The Labute approximate surface area is 122 Å². The van der Waals surface area contributed by atoms with Gasteiger partial charge in [-0.25, -0.2) is 4.98 Å². The fourth-order valence-corrected chi connectivity index (χ4v) is 3.55. The summed E-state index contributed by atoms with van der Waals surface area (Å²) >= 11 is 1.55. The molecule has 110 valence electrons. The number of carbonyl (C=O) groups is 2. The summed E-state index contributed by atoms with van der Waals surface area (Å²) < 4.78 is 0. The van der Waals surface area contributed by atoms with Gasteiger partial charge in [0.05, 0.1) is 23.7 Å². The fraction of sp³-hybridized carbons (Fsp3) is 0.643. The number of carbonyl (C=O) groups excluding carboxylic acids is 1. The molecule has 1 saturated carbocycles. The molecule has 5 nitrogen and oxygen atoms in total. The summed E-state index contributed by atoms with van der Waals surface area (Å²) in [7, 11) is 1.78. The molecule has 1 fully saturated rings. The van der Waals surface area contributed by atoms with Gasteiger partial charge in [-0.05, 0) is 26.2 Å². The number of carboxylic acids is 1. The van der Waals surface area contributed by atoms with Crippen LogP contribution in [0.5, 0.6) is 0 Å². The molecule has 6 heteroatoms. The third-order valence-corrected chi connectivity index (χ3v) is 4.89. The van der Waals surface area contributed by atoms with Gasteiger partial charge < -0.3 is 10.0 Å². The van der Waals surface area contributed by atoms with Crippen molar-refractivity contribution in [2.45, 2.75) is 39.2 Å². The predicted molar refractivity (Wildman–Crippen MR) is 76.4 cm³/mol. The molecule has 0 aromatic carbocycles. The minimum atomic E-state index is -0.775. The number of aryl methyl sites for hydroxylation is 1. The Hall–Kier alpha value is -1.43. The maximum atomic E-state index is 12.4. The zero-order valence-corrected chi connectivity index (χ0v) is 12.7. The molecular formula is C14H20N2O3S. The molecule has 0 saturated heterocycles. The van der Waals surface area contributed by atoms with E-state index < -0.39 is 5.97 Å². The Morgan fingerprint density at radius 1 is 1.45 bits per heavy atom. The standard InChI is InChI=1S/C14H20N2O3S/c1-9-12(20-8-15-9)7-16(2)13(17)10-4-3-5-11(6-10)14(18)19/h8,10-11H,3-7H2,1-2H3,(H,18,19)/t10-,11+/m1/s1. The van der Waals surface area contributed by atoms with E-state index in [-0.39, 0.29) is 17.7 Å². The van der Waals surface area contributed by atoms with Crippen molar-refractivity contribution in [1.29, 1.82) is 0 Å². The van der Waals surface area contributed by atoms with Gasteiger partial charge in [-0.3, -0.25) is 9.59 Å². The highest BCUT2D eigenvalue weighted by molar-refractivity contribution is 7.09. The van der Waals surface area contributed by atoms with Gasteiger partial charge in [0.15, 0.2) is 0 Å². The molecule has 20 heavy (non-hydrogen) atoms. The maximum Gasteiger partial charge on any atom is 0.306 e. The molecule has 1 aliphatic rings. The van der Waals surface area contributed by atoms with Crippen LogP contribution in [0.1, 0.15) is 36.3 Å². The molecule has 1 aliphatic carbocycles. The normalized spacial score (nSPS) is 22.5. The summed E-state index contributed by atoms with van der Waals surface area (Å²) in [6, 6.07) is 0. The molecule has 1 amide bonds. The lowest BCUT2D eigenvalue weighted by Crippen LogP contribution is -2.36. The number of aliphatic carboxylic acids is 1. The Morgan fingerprint density at radius 2 is 2.15 bits per heavy atom. The van der Waals surface area contributed by atoms with Crippen LogP contribution in [-0.2, 0) is 16.1 Å². The molecule has 1 N–H and O–H groups in total. The summed E-state index contributed by atoms with van der Waals surface area (Å²) in [6.45, 7) is 2.49. The van der Waals surface area contributed by atoms with Crippen LogP contribution in [0.2, 0.25) is 0 Å². The van der Waals surface area contributed by atoms with Crippen LogP contribution in [0.25, 0.3) is 0 Å². The molecule has 2 rings (SSSR count). The van der Waals surface area contributed by atoms with Crippen LogP contribution < -0.4 is 0 Å². The topological polar surface area (TPSA) is 70.5 Å². The van der Waals surface area contributed by atoms with Crippen molar-refractivity contribution in [3.05, 3.63) is 16.1 Å². The Balaban J connectivity index is 1.96. The second-order valence-corrected chi connectivity index (χ2v) is 6.39. The largest absolute Gasteiger partial charge is 0.481 e. The molecule has 1 aromatic heterocycles. The zero-order valence-electron chi connectivity index (χ0n) is 11.8. The van der Waals surface area contributed by atoms with Gasteiger partial charge in [0.2, 0.25) is 5.91 Å². The Kier molecular flexibility index (Phi) is 4.75. The average molecular weight is 296 g/mol. The highest BCUT2D eigenvalue weighted by Crippen LogP contribution is 2.30. The van der Waals surface area contributed by atoms with Crippen molar-refractivity contribution < 1.29 is 14.7 Å². The highest BCUT2D eigenvalue weighted by Gasteiger charge is 2.32.